The maximum atomic E-state index is 12.9. The molecule has 0 saturated heterocycles. The van der Waals surface area contributed by atoms with E-state index in [0.717, 1.165) is 0 Å². The third-order valence-corrected chi connectivity index (χ3v) is 2.25. The predicted molar refractivity (Wildman–Crippen MR) is 44.3 cm³/mol. The van der Waals surface area contributed by atoms with Gasteiger partial charge < -0.3 is 6.92 Å². The number of rotatable bonds is 4. The summed E-state index contributed by atoms with van der Waals surface area (Å²) in [6, 6.07) is 0. The van der Waals surface area contributed by atoms with Crippen molar-refractivity contribution in [3.05, 3.63) is 6.92 Å². The van der Waals surface area contributed by atoms with Gasteiger partial charge in [0.2, 0.25) is 5.67 Å². The van der Waals surface area contributed by atoms with E-state index < -0.39 is 43.2 Å². The minimum absolute atomic E-state index is 0. The molecule has 0 aliphatic rings. The Morgan fingerprint density at radius 2 is 1.41 bits per heavy atom. The van der Waals surface area contributed by atoms with Gasteiger partial charge in [-0.05, 0) is 13.3 Å². The number of hydrogen-bond acceptors (Lipinski definition) is 0. The first kappa shape index (κ1) is 19.9. The van der Waals surface area contributed by atoms with E-state index in [9.17, 15) is 30.7 Å². The standard InChI is InChI=1S/C9H12F7.U/c1-6(8(11,12)13)4-3-5-7(2,10)9(14,15)16;/h6H,1,3-5H2,2H3;/q-1;. The van der Waals surface area contributed by atoms with Crippen molar-refractivity contribution in [3.8, 4) is 0 Å². The first-order chi connectivity index (χ1) is 6.88. The van der Waals surface area contributed by atoms with E-state index in [0.29, 0.717) is 6.92 Å². The summed E-state index contributed by atoms with van der Waals surface area (Å²) in [6.07, 6.45) is -11.7. The van der Waals surface area contributed by atoms with Gasteiger partial charge in [0.25, 0.3) is 0 Å². The van der Waals surface area contributed by atoms with Gasteiger partial charge in [-0.25, -0.2) is 4.39 Å². The zero-order valence-corrected chi connectivity index (χ0v) is 13.2. The third-order valence-electron chi connectivity index (χ3n) is 2.25. The summed E-state index contributed by atoms with van der Waals surface area (Å²) in [4.78, 5) is 0. The van der Waals surface area contributed by atoms with Gasteiger partial charge in [-0.15, -0.1) is 0 Å². The van der Waals surface area contributed by atoms with Crippen LogP contribution in [0.15, 0.2) is 0 Å². The van der Waals surface area contributed by atoms with Crippen molar-refractivity contribution in [1.82, 2.24) is 0 Å². The summed E-state index contributed by atoms with van der Waals surface area (Å²) in [6.45, 7) is 3.08. The normalized spacial score (nSPS) is 18.2. The molecule has 0 spiro atoms. The van der Waals surface area contributed by atoms with Gasteiger partial charge >= 0.3 is 12.4 Å². The summed E-state index contributed by atoms with van der Waals surface area (Å²) in [5, 5.41) is 0. The average Bonchev–Trinajstić information content (AvgIpc) is 1.99. The molecule has 0 aliphatic carbocycles. The fraction of sp³-hybridized carbons (Fsp3) is 0.889. The molecule has 0 aromatic rings. The first-order valence-corrected chi connectivity index (χ1v) is 4.53. The van der Waals surface area contributed by atoms with Crippen LogP contribution in [-0.4, -0.2) is 18.0 Å². The van der Waals surface area contributed by atoms with Gasteiger partial charge in [0.15, 0.2) is 0 Å². The van der Waals surface area contributed by atoms with Crippen LogP contribution in [0.1, 0.15) is 26.2 Å². The first-order valence-electron chi connectivity index (χ1n) is 4.53. The van der Waals surface area contributed by atoms with Gasteiger partial charge in [0.1, 0.15) is 0 Å². The van der Waals surface area contributed by atoms with Gasteiger partial charge in [0.05, 0.1) is 0 Å². The fourth-order valence-corrected chi connectivity index (χ4v) is 0.986. The molecule has 0 N–H and O–H groups in total. The van der Waals surface area contributed by atoms with Crippen LogP contribution in [0, 0.1) is 44.0 Å². The molecule has 0 rings (SSSR count). The van der Waals surface area contributed by atoms with Crippen LogP contribution in [0.4, 0.5) is 30.7 Å². The Kier molecular flexibility index (Phi) is 7.78. The smallest absolute Gasteiger partial charge is 0.332 e. The largest absolute Gasteiger partial charge is 0.422 e. The van der Waals surface area contributed by atoms with Crippen LogP contribution < -0.4 is 0 Å². The molecule has 0 radical (unpaired) electrons. The molecule has 0 amide bonds. The molecule has 2 atom stereocenters. The molecule has 102 valence electrons. The van der Waals surface area contributed by atoms with E-state index in [1.165, 1.54) is 0 Å². The molecule has 0 aromatic heterocycles. The minimum Gasteiger partial charge on any atom is -0.332 e. The zero-order valence-electron chi connectivity index (χ0n) is 9.05. The topological polar surface area (TPSA) is 0 Å². The fourth-order valence-electron chi connectivity index (χ4n) is 0.986. The Bertz CT molecular complexity index is 218. The molecule has 0 aromatic carbocycles. The Morgan fingerprint density at radius 3 is 1.71 bits per heavy atom. The van der Waals surface area contributed by atoms with Crippen molar-refractivity contribution in [2.24, 2.45) is 5.92 Å². The summed E-state index contributed by atoms with van der Waals surface area (Å²) in [5.74, 6) is -1.96. The predicted octanol–water partition coefficient (Wildman–Crippen LogP) is 4.46. The Balaban J connectivity index is 0. The molecule has 8 heteroatoms. The van der Waals surface area contributed by atoms with E-state index in [4.69, 9.17) is 0 Å². The van der Waals surface area contributed by atoms with E-state index in [2.05, 4.69) is 6.92 Å². The van der Waals surface area contributed by atoms with E-state index in [1.807, 2.05) is 0 Å². The van der Waals surface area contributed by atoms with Crippen LogP contribution in [0.25, 0.3) is 0 Å². The van der Waals surface area contributed by atoms with Crippen molar-refractivity contribution in [2.45, 2.75) is 44.2 Å². The van der Waals surface area contributed by atoms with Crippen molar-refractivity contribution in [2.75, 3.05) is 0 Å². The Morgan fingerprint density at radius 1 is 1.00 bits per heavy atom. The molecular weight excluding hydrogens is 479 g/mol. The molecule has 17 heavy (non-hydrogen) atoms. The van der Waals surface area contributed by atoms with E-state index >= 15 is 0 Å². The van der Waals surface area contributed by atoms with Crippen molar-refractivity contribution in [3.63, 3.8) is 0 Å². The minimum atomic E-state index is -5.05. The molecule has 0 saturated carbocycles. The van der Waals surface area contributed by atoms with Crippen molar-refractivity contribution < 1.29 is 61.8 Å². The second-order valence-corrected chi connectivity index (χ2v) is 3.83. The maximum Gasteiger partial charge on any atom is 0.422 e. The number of hydrogen-bond donors (Lipinski definition) is 0. The number of halogens is 7. The van der Waals surface area contributed by atoms with Crippen molar-refractivity contribution in [1.29, 1.82) is 0 Å². The average molecular weight is 491 g/mol. The molecule has 2 unspecified atom stereocenters. The summed E-state index contributed by atoms with van der Waals surface area (Å²) >= 11 is 0. The monoisotopic (exact) mass is 491 g/mol. The molecular formula is C9H12F7U-. The molecule has 0 fully saturated rings. The Hall–Kier alpha value is 0.562. The van der Waals surface area contributed by atoms with Crippen LogP contribution >= 0.6 is 0 Å². The van der Waals surface area contributed by atoms with Crippen molar-refractivity contribution >= 4 is 0 Å². The summed E-state index contributed by atoms with van der Waals surface area (Å²) in [7, 11) is 0. The second-order valence-electron chi connectivity index (χ2n) is 3.83. The number of alkyl halides is 7. The molecule has 0 aliphatic heterocycles. The molecule has 0 heterocycles. The Labute approximate surface area is 119 Å². The SMILES string of the molecule is [CH2-]C(CCCC(C)(F)C(F)(F)F)C(F)(F)F.[U]. The third kappa shape index (κ3) is 6.90. The zero-order chi connectivity index (χ0) is 13.2. The summed E-state index contributed by atoms with van der Waals surface area (Å²) in [5.41, 5.74) is -3.45. The van der Waals surface area contributed by atoms with Gasteiger partial charge in [-0.3, -0.25) is 0 Å². The maximum absolute atomic E-state index is 12.9. The quantitative estimate of drug-likeness (QED) is 0.403. The van der Waals surface area contributed by atoms with Crippen LogP contribution in [0.2, 0.25) is 0 Å². The van der Waals surface area contributed by atoms with Crippen LogP contribution in [-0.2, 0) is 0 Å². The van der Waals surface area contributed by atoms with Crippen LogP contribution in [0.5, 0.6) is 0 Å². The van der Waals surface area contributed by atoms with E-state index in [1.54, 1.807) is 0 Å². The second kappa shape index (κ2) is 6.65. The van der Waals surface area contributed by atoms with Gasteiger partial charge in [-0.2, -0.15) is 26.3 Å². The molecule has 0 bridgehead atoms. The summed E-state index contributed by atoms with van der Waals surface area (Å²) < 4.78 is 84.6. The van der Waals surface area contributed by atoms with Gasteiger partial charge in [-0.1, -0.05) is 18.8 Å². The van der Waals surface area contributed by atoms with E-state index in [-0.39, 0.29) is 31.1 Å². The van der Waals surface area contributed by atoms with Gasteiger partial charge in [0, 0.05) is 31.1 Å². The van der Waals surface area contributed by atoms with Crippen LogP contribution in [0.3, 0.4) is 0 Å². The molecule has 0 nitrogen and oxygen atoms in total.